The first-order valence-corrected chi connectivity index (χ1v) is 36.4. The van der Waals surface area contributed by atoms with Gasteiger partial charge in [-0.05, 0) is 25.7 Å². The van der Waals surface area contributed by atoms with Crippen LogP contribution in [0.15, 0.2) is 73.8 Å². The fourth-order valence-electron chi connectivity index (χ4n) is 13.3. The Labute approximate surface area is 546 Å². The summed E-state index contributed by atoms with van der Waals surface area (Å²) in [5.41, 5.74) is 6.21. The second-order valence-electron chi connectivity index (χ2n) is 26.3. The molecule has 7 aromatic heterocycles. The van der Waals surface area contributed by atoms with Crippen molar-refractivity contribution < 1.29 is 35.3 Å². The number of pyridine rings is 4. The molecule has 0 aliphatic carbocycles. The van der Waals surface area contributed by atoms with Crippen LogP contribution >= 0.6 is 0 Å². The van der Waals surface area contributed by atoms with E-state index in [1.165, 1.54) is 231 Å². The number of nitrogens with zero attached hydrogens (tertiary/aromatic N) is 12. The molecule has 0 aromatic carbocycles. The molecular weight excluding hydrogens is 1140 g/mol. The topological polar surface area (TPSA) is 121 Å². The minimum Gasteiger partial charge on any atom is -0.357 e. The van der Waals surface area contributed by atoms with E-state index >= 15 is 0 Å². The van der Waals surface area contributed by atoms with E-state index in [4.69, 9.17) is 39.9 Å². The van der Waals surface area contributed by atoms with Gasteiger partial charge in [0.2, 0.25) is 0 Å². The maximum Gasteiger partial charge on any atom is 2.00 e. The second-order valence-corrected chi connectivity index (χ2v) is 26.3. The van der Waals surface area contributed by atoms with Crippen LogP contribution in [0.2, 0.25) is 0 Å². The summed E-state index contributed by atoms with van der Waals surface area (Å²) in [4.78, 5) is 43.1. The van der Waals surface area contributed by atoms with Crippen molar-refractivity contribution in [2.75, 3.05) is 0 Å². The Kier molecular flexibility index (Phi) is 30.4. The van der Waals surface area contributed by atoms with Crippen LogP contribution in [0.5, 0.6) is 0 Å². The molecule has 483 valence electrons. The van der Waals surface area contributed by atoms with Gasteiger partial charge in [0.15, 0.2) is 49.6 Å². The van der Waals surface area contributed by atoms with Gasteiger partial charge >= 0.3 is 17.1 Å². The number of unbranched alkanes of at least 4 members (excludes halogenated alkanes) is 36. The van der Waals surface area contributed by atoms with E-state index in [0.29, 0.717) is 45.9 Å². The van der Waals surface area contributed by atoms with Gasteiger partial charge in [0.05, 0.1) is 45.2 Å². The van der Waals surface area contributed by atoms with Gasteiger partial charge in [-0.15, -0.1) is 0 Å². The molecule has 0 N–H and O–H groups in total. The first-order valence-electron chi connectivity index (χ1n) is 36.4. The van der Waals surface area contributed by atoms with Crippen LogP contribution in [0.25, 0.3) is 89.7 Å². The minimum atomic E-state index is 0. The van der Waals surface area contributed by atoms with E-state index in [1.807, 2.05) is 0 Å². The number of hydrogen-bond acceptors (Lipinski definition) is 6. The van der Waals surface area contributed by atoms with Gasteiger partial charge in [-0.25, -0.2) is 28.2 Å². The van der Waals surface area contributed by atoms with Gasteiger partial charge in [0, 0.05) is 94.4 Å². The average Bonchev–Trinajstić information content (AvgIpc) is 1.93. The van der Waals surface area contributed by atoms with Crippen LogP contribution in [-0.4, -0.2) is 29.9 Å². The first kappa shape index (κ1) is 69.4. The molecule has 8 bridgehead atoms. The zero-order chi connectivity index (χ0) is 60.8. The summed E-state index contributed by atoms with van der Waals surface area (Å²) in [7, 11) is 0. The SMILES string of the molecule is CCCCCCCCCCCC[n+]1ccc2c(c1)-c1nc-2nc2[n-]c(nc3nc(nc4[n-]c(n1)c1cc[n+](CCCCCCCCCCCC)cc41)-c1cc[n+](CCCCCCCCCCCC)cc1-3)c1cc[n+](CCCCCCCCCCCC)cc21.[Cu+2]. The Hall–Kier alpha value is -5.52. The van der Waals surface area contributed by atoms with Gasteiger partial charge in [0.25, 0.3) is 0 Å². The first-order chi connectivity index (χ1) is 43.5. The van der Waals surface area contributed by atoms with Crippen LogP contribution < -0.4 is 28.2 Å². The summed E-state index contributed by atoms with van der Waals surface area (Å²) < 4.78 is 9.29. The third-order valence-corrected chi connectivity index (χ3v) is 18.8. The number of aromatic nitrogens is 12. The molecule has 0 fully saturated rings. The molecule has 0 unspecified atom stereocenters. The molecule has 13 heteroatoms. The fourth-order valence-corrected chi connectivity index (χ4v) is 13.3. The molecule has 89 heavy (non-hydrogen) atoms. The summed E-state index contributed by atoms with van der Waals surface area (Å²) in [5.74, 6) is 2.42. The summed E-state index contributed by atoms with van der Waals surface area (Å²) in [6.45, 7) is 12.9. The van der Waals surface area contributed by atoms with Gasteiger partial charge in [-0.1, -0.05) is 233 Å². The monoisotopic (exact) mass is 1260 g/mol. The molecule has 12 nitrogen and oxygen atoms in total. The van der Waals surface area contributed by atoms with Crippen LogP contribution in [0.3, 0.4) is 0 Å². The molecule has 0 amide bonds. The quantitative estimate of drug-likeness (QED) is 0.0210. The molecule has 7 aromatic rings. The smallest absolute Gasteiger partial charge is 0.357 e. The molecule has 9 rings (SSSR count). The predicted octanol–water partition coefficient (Wildman–Crippen LogP) is 19.0. The summed E-state index contributed by atoms with van der Waals surface area (Å²) >= 11 is 0. The molecule has 1 radical (unpaired) electrons. The predicted molar refractivity (Wildman–Crippen MR) is 362 cm³/mol. The van der Waals surface area contributed by atoms with Crippen molar-refractivity contribution in [3.05, 3.63) is 73.8 Å². The minimum absolute atomic E-state index is 0. The van der Waals surface area contributed by atoms with Crippen LogP contribution in [0.1, 0.15) is 285 Å². The van der Waals surface area contributed by atoms with E-state index < -0.39 is 0 Å². The molecule has 0 spiro atoms. The van der Waals surface area contributed by atoms with Crippen molar-refractivity contribution >= 4 is 44.1 Å². The van der Waals surface area contributed by atoms with Crippen LogP contribution in [-0.2, 0) is 43.2 Å². The van der Waals surface area contributed by atoms with E-state index in [1.54, 1.807) is 0 Å². The van der Waals surface area contributed by atoms with Gasteiger partial charge in [-0.3, -0.25) is 0 Å². The van der Waals surface area contributed by atoms with Gasteiger partial charge < -0.3 is 29.9 Å². The maximum absolute atomic E-state index is 5.44. The Morgan fingerprint density at radius 2 is 0.472 bits per heavy atom. The number of fused-ring (bicyclic) bond motifs is 20. The molecule has 9 heterocycles. The van der Waals surface area contributed by atoms with Crippen LogP contribution in [0.4, 0.5) is 0 Å². The van der Waals surface area contributed by atoms with E-state index in [0.717, 1.165) is 95.7 Å². The van der Waals surface area contributed by atoms with Crippen molar-refractivity contribution in [1.82, 2.24) is 39.9 Å². The third kappa shape index (κ3) is 21.3. The van der Waals surface area contributed by atoms with Crippen molar-refractivity contribution in [1.29, 1.82) is 0 Å². The third-order valence-electron chi connectivity index (χ3n) is 18.8. The van der Waals surface area contributed by atoms with Crippen molar-refractivity contribution in [3.8, 4) is 45.6 Å². The summed E-state index contributed by atoms with van der Waals surface area (Å²) in [6.07, 6.45) is 70.1. The van der Waals surface area contributed by atoms with Crippen molar-refractivity contribution in [2.24, 2.45) is 0 Å². The Morgan fingerprint density at radius 3 is 0.753 bits per heavy atom. The Bertz CT molecular complexity index is 3160. The summed E-state index contributed by atoms with van der Waals surface area (Å²) in [5, 5.41) is 3.80. The van der Waals surface area contributed by atoms with Gasteiger partial charge in [0.1, 0.15) is 26.2 Å². The zero-order valence-electron chi connectivity index (χ0n) is 55.7. The van der Waals surface area contributed by atoms with E-state index in [-0.39, 0.29) is 17.1 Å². The van der Waals surface area contributed by atoms with Crippen molar-refractivity contribution in [2.45, 2.75) is 311 Å². The summed E-state index contributed by atoms with van der Waals surface area (Å²) in [6, 6.07) is 8.75. The maximum atomic E-state index is 5.44. The van der Waals surface area contributed by atoms with E-state index in [2.05, 4.69) is 120 Å². The number of hydrogen-bond donors (Lipinski definition) is 0. The number of aryl methyl sites for hydroxylation is 4. The largest absolute Gasteiger partial charge is 2.00 e. The molecular formula is C76H112CuN12+4. The standard InChI is InChI=1S/C76H112N12.Cu/c1-5-9-13-17-21-25-29-33-37-41-49-85-53-45-61-65(57-85)73-77-69(61)82-74-67-59-87(51-43-39-35-31-27-23-19-15-11-7-3)55-47-63(67)71(79-74)84-76-68-60-88(52-44-40-36-32-28-24-20-16-12-8-4)56-48-64(68)72(80-76)83-75-66-58-86(54-46-62(66)70(78-75)81-73)50-42-38-34-30-26-22-18-14-10-6-2;/h45-48,53-60H,5-44,49-52H2,1-4H3;/q2*+2. The number of rotatable bonds is 44. The normalized spacial score (nSPS) is 11.9. The fraction of sp³-hybridized carbons (Fsp3) is 0.632. The zero-order valence-corrected chi connectivity index (χ0v) is 56.7. The second kappa shape index (κ2) is 39.0. The van der Waals surface area contributed by atoms with Gasteiger partial charge in [-0.2, -0.15) is 0 Å². The molecule has 0 saturated carbocycles. The molecule has 2 aliphatic rings. The average molecular weight is 1260 g/mol. The molecule has 0 atom stereocenters. The Morgan fingerprint density at radius 1 is 0.247 bits per heavy atom. The molecule has 2 aliphatic heterocycles. The van der Waals surface area contributed by atoms with Crippen molar-refractivity contribution in [3.63, 3.8) is 0 Å². The molecule has 0 saturated heterocycles. The van der Waals surface area contributed by atoms with E-state index in [9.17, 15) is 0 Å². The van der Waals surface area contributed by atoms with Crippen LogP contribution in [0, 0.1) is 0 Å². The Balaban J connectivity index is 0.0000102.